The molecule has 0 saturated heterocycles. The van der Waals surface area contributed by atoms with E-state index in [0.717, 1.165) is 0 Å². The number of carbonyl (C=O) groups excluding carboxylic acids is 2. The van der Waals surface area contributed by atoms with Gasteiger partial charge < -0.3 is 15.4 Å². The van der Waals surface area contributed by atoms with Crippen LogP contribution in [0.2, 0.25) is 10.0 Å². The number of nitrogens with one attached hydrogen (secondary N) is 2. The normalized spacial score (nSPS) is 10.4. The minimum Gasteiger partial charge on any atom is -0.492 e. The first-order valence-corrected chi connectivity index (χ1v) is 9.59. The molecule has 8 heteroatoms. The Labute approximate surface area is 173 Å². The van der Waals surface area contributed by atoms with E-state index in [4.69, 9.17) is 27.9 Å². The Morgan fingerprint density at radius 3 is 2.39 bits per heavy atom. The molecule has 0 fully saturated rings. The van der Waals surface area contributed by atoms with Gasteiger partial charge in [0.15, 0.2) is 0 Å². The molecule has 2 N–H and O–H groups in total. The van der Waals surface area contributed by atoms with E-state index in [9.17, 15) is 14.0 Å². The molecule has 0 aromatic heterocycles. The van der Waals surface area contributed by atoms with Crippen LogP contribution >= 0.6 is 23.2 Å². The SMILES string of the molecule is O=C(CCCNC(=O)c1ccc(F)cc1)NCCCOc1ccc(Cl)cc1Cl. The monoisotopic (exact) mass is 426 g/mol. The van der Waals surface area contributed by atoms with Crippen LogP contribution in [0.3, 0.4) is 0 Å². The summed E-state index contributed by atoms with van der Waals surface area (Å²) in [5.41, 5.74) is 0.381. The lowest BCUT2D eigenvalue weighted by molar-refractivity contribution is -0.121. The van der Waals surface area contributed by atoms with E-state index >= 15 is 0 Å². The van der Waals surface area contributed by atoms with Crippen molar-refractivity contribution in [2.45, 2.75) is 19.3 Å². The topological polar surface area (TPSA) is 67.4 Å². The Balaban J connectivity index is 1.53. The standard InChI is InChI=1S/C20H21Cl2FN2O3/c21-15-6-9-18(17(22)13-15)28-12-2-11-24-19(26)3-1-10-25-20(27)14-4-7-16(23)8-5-14/h4-9,13H,1-3,10-12H2,(H,24,26)(H,25,27). The molecular weight excluding hydrogens is 406 g/mol. The summed E-state index contributed by atoms with van der Waals surface area (Å²) in [4.78, 5) is 23.6. The van der Waals surface area contributed by atoms with E-state index in [1.807, 2.05) is 0 Å². The number of carbonyl (C=O) groups is 2. The van der Waals surface area contributed by atoms with E-state index < -0.39 is 5.82 Å². The molecule has 0 radical (unpaired) electrons. The van der Waals surface area contributed by atoms with E-state index in [2.05, 4.69) is 10.6 Å². The second-order valence-electron chi connectivity index (χ2n) is 5.99. The molecule has 0 aliphatic heterocycles. The zero-order chi connectivity index (χ0) is 20.4. The van der Waals surface area contributed by atoms with Crippen LogP contribution in [0, 0.1) is 5.82 Å². The van der Waals surface area contributed by atoms with Gasteiger partial charge >= 0.3 is 0 Å². The molecule has 0 atom stereocenters. The molecule has 150 valence electrons. The van der Waals surface area contributed by atoms with Crippen molar-refractivity contribution in [3.8, 4) is 5.75 Å². The van der Waals surface area contributed by atoms with Gasteiger partial charge in [0.2, 0.25) is 5.91 Å². The van der Waals surface area contributed by atoms with Gasteiger partial charge in [0.25, 0.3) is 5.91 Å². The summed E-state index contributed by atoms with van der Waals surface area (Å²) in [5, 5.41) is 6.47. The summed E-state index contributed by atoms with van der Waals surface area (Å²) in [5.74, 6) is -0.233. The van der Waals surface area contributed by atoms with Crippen LogP contribution in [0.15, 0.2) is 42.5 Å². The number of hydrogen-bond donors (Lipinski definition) is 2. The van der Waals surface area contributed by atoms with Crippen molar-refractivity contribution in [1.82, 2.24) is 10.6 Å². The Morgan fingerprint density at radius 2 is 1.68 bits per heavy atom. The minimum absolute atomic E-state index is 0.0967. The summed E-state index contributed by atoms with van der Waals surface area (Å²) in [6, 6.07) is 10.3. The Bertz CT molecular complexity index is 801. The lowest BCUT2D eigenvalue weighted by Gasteiger charge is -2.09. The first kappa shape index (κ1) is 22.0. The number of ether oxygens (including phenoxy) is 1. The van der Waals surface area contributed by atoms with Crippen molar-refractivity contribution in [2.24, 2.45) is 0 Å². The van der Waals surface area contributed by atoms with Gasteiger partial charge in [0.05, 0.1) is 11.6 Å². The fourth-order valence-electron chi connectivity index (χ4n) is 2.32. The average Bonchev–Trinajstić information content (AvgIpc) is 2.67. The van der Waals surface area contributed by atoms with E-state index in [0.29, 0.717) is 60.3 Å². The molecule has 2 rings (SSSR count). The van der Waals surface area contributed by atoms with Crippen LogP contribution in [-0.2, 0) is 4.79 Å². The largest absolute Gasteiger partial charge is 0.492 e. The van der Waals surface area contributed by atoms with Gasteiger partial charge in [0.1, 0.15) is 11.6 Å². The zero-order valence-corrected chi connectivity index (χ0v) is 16.7. The van der Waals surface area contributed by atoms with Crippen molar-refractivity contribution in [3.63, 3.8) is 0 Å². The average molecular weight is 427 g/mol. The van der Waals surface area contributed by atoms with Crippen molar-refractivity contribution in [2.75, 3.05) is 19.7 Å². The molecule has 2 aromatic carbocycles. The molecule has 0 heterocycles. The maximum Gasteiger partial charge on any atom is 0.251 e. The fourth-order valence-corrected chi connectivity index (χ4v) is 2.78. The Kier molecular flexibility index (Phi) is 9.04. The molecule has 5 nitrogen and oxygen atoms in total. The summed E-state index contributed by atoms with van der Waals surface area (Å²) in [7, 11) is 0. The Hall–Kier alpha value is -2.31. The third kappa shape index (κ3) is 7.74. The van der Waals surface area contributed by atoms with Gasteiger partial charge in [-0.15, -0.1) is 0 Å². The van der Waals surface area contributed by atoms with Crippen LogP contribution in [0.1, 0.15) is 29.6 Å². The molecule has 0 aliphatic carbocycles. The number of halogens is 3. The number of amides is 2. The molecule has 0 aliphatic rings. The van der Waals surface area contributed by atoms with Crippen molar-refractivity contribution in [3.05, 3.63) is 63.9 Å². The predicted molar refractivity (Wildman–Crippen MR) is 108 cm³/mol. The highest BCUT2D eigenvalue weighted by atomic mass is 35.5. The molecule has 0 unspecified atom stereocenters. The summed E-state index contributed by atoms with van der Waals surface area (Å²) in [6.45, 7) is 1.25. The molecular formula is C20H21Cl2FN2O3. The highest BCUT2D eigenvalue weighted by Crippen LogP contribution is 2.27. The van der Waals surface area contributed by atoms with E-state index in [1.54, 1.807) is 18.2 Å². The lowest BCUT2D eigenvalue weighted by Crippen LogP contribution is -2.28. The van der Waals surface area contributed by atoms with Crippen LogP contribution in [0.5, 0.6) is 5.75 Å². The van der Waals surface area contributed by atoms with Gasteiger partial charge in [0, 0.05) is 30.1 Å². The first-order chi connectivity index (χ1) is 13.5. The van der Waals surface area contributed by atoms with Crippen molar-refractivity contribution in [1.29, 1.82) is 0 Å². The second-order valence-corrected chi connectivity index (χ2v) is 6.84. The van der Waals surface area contributed by atoms with Crippen LogP contribution in [0.4, 0.5) is 4.39 Å². The fraction of sp³-hybridized carbons (Fsp3) is 0.300. The Morgan fingerprint density at radius 1 is 0.964 bits per heavy atom. The molecule has 28 heavy (non-hydrogen) atoms. The highest BCUT2D eigenvalue weighted by molar-refractivity contribution is 6.35. The second kappa shape index (κ2) is 11.5. The molecule has 2 aromatic rings. The quantitative estimate of drug-likeness (QED) is 0.558. The van der Waals surface area contributed by atoms with Crippen LogP contribution in [-0.4, -0.2) is 31.5 Å². The van der Waals surface area contributed by atoms with Gasteiger partial charge in [-0.3, -0.25) is 9.59 Å². The smallest absolute Gasteiger partial charge is 0.251 e. The number of benzene rings is 2. The molecule has 0 bridgehead atoms. The highest BCUT2D eigenvalue weighted by Gasteiger charge is 2.06. The summed E-state index contributed by atoms with van der Waals surface area (Å²) < 4.78 is 18.4. The first-order valence-electron chi connectivity index (χ1n) is 8.84. The third-order valence-electron chi connectivity index (χ3n) is 3.77. The van der Waals surface area contributed by atoms with E-state index in [-0.39, 0.29) is 11.8 Å². The van der Waals surface area contributed by atoms with Crippen LogP contribution < -0.4 is 15.4 Å². The van der Waals surface area contributed by atoms with Gasteiger partial charge in [-0.25, -0.2) is 4.39 Å². The summed E-state index contributed by atoms with van der Waals surface area (Å²) in [6.07, 6.45) is 1.44. The van der Waals surface area contributed by atoms with Crippen LogP contribution in [0.25, 0.3) is 0 Å². The third-order valence-corrected chi connectivity index (χ3v) is 4.30. The van der Waals surface area contributed by atoms with Gasteiger partial charge in [-0.05, 0) is 55.3 Å². The van der Waals surface area contributed by atoms with E-state index in [1.165, 1.54) is 24.3 Å². The number of rotatable bonds is 10. The van der Waals surface area contributed by atoms with Gasteiger partial charge in [-0.1, -0.05) is 23.2 Å². The maximum atomic E-state index is 12.8. The number of hydrogen-bond acceptors (Lipinski definition) is 3. The molecule has 2 amide bonds. The molecule has 0 saturated carbocycles. The maximum absolute atomic E-state index is 12.8. The van der Waals surface area contributed by atoms with Crippen molar-refractivity contribution < 1.29 is 18.7 Å². The predicted octanol–water partition coefficient (Wildman–Crippen LogP) is 4.23. The minimum atomic E-state index is -0.394. The summed E-state index contributed by atoms with van der Waals surface area (Å²) >= 11 is 11.8. The zero-order valence-electron chi connectivity index (χ0n) is 15.1. The van der Waals surface area contributed by atoms with Gasteiger partial charge in [-0.2, -0.15) is 0 Å². The molecule has 0 spiro atoms. The lowest BCUT2D eigenvalue weighted by atomic mass is 10.2. The van der Waals surface area contributed by atoms with Crippen molar-refractivity contribution >= 4 is 35.0 Å².